The second-order valence-corrected chi connectivity index (χ2v) is 4.14. The maximum absolute atomic E-state index is 10.4. The number of unbranched alkanes of at least 4 members (excludes halogenated alkanes) is 1. The molecule has 1 unspecified atom stereocenters. The molecule has 0 aliphatic rings. The van der Waals surface area contributed by atoms with E-state index in [-0.39, 0.29) is 0 Å². The fourth-order valence-corrected chi connectivity index (χ4v) is 1.76. The summed E-state index contributed by atoms with van der Waals surface area (Å²) in [5, 5.41) is 8.57. The Labute approximate surface area is 87.9 Å². The minimum atomic E-state index is -0.656. The molecular formula is C9H17IO2. The predicted octanol–water partition coefficient (Wildman–Crippen LogP) is 3.09. The molecule has 0 bridgehead atoms. The topological polar surface area (TPSA) is 37.3 Å². The van der Waals surface area contributed by atoms with Gasteiger partial charge in [0.2, 0.25) is 0 Å². The number of carbonyl (C=O) groups is 1. The molecule has 1 atom stereocenters. The van der Waals surface area contributed by atoms with Crippen LogP contribution in [-0.4, -0.2) is 15.5 Å². The number of carboxylic acid groups (broad SMARTS) is 1. The van der Waals surface area contributed by atoms with Crippen LogP contribution in [0.5, 0.6) is 0 Å². The molecule has 0 radical (unpaired) electrons. The van der Waals surface area contributed by atoms with Crippen LogP contribution >= 0.6 is 22.6 Å². The summed E-state index contributed by atoms with van der Waals surface area (Å²) in [5.41, 5.74) is 0. The lowest BCUT2D eigenvalue weighted by Gasteiger charge is -2.10. The number of halogens is 1. The Hall–Kier alpha value is 0.200. The van der Waals surface area contributed by atoms with Crippen molar-refractivity contribution in [2.75, 3.05) is 4.43 Å². The quantitative estimate of drug-likeness (QED) is 0.443. The Morgan fingerprint density at radius 1 is 1.50 bits per heavy atom. The van der Waals surface area contributed by atoms with Crippen LogP contribution in [0.25, 0.3) is 0 Å². The van der Waals surface area contributed by atoms with Crippen molar-refractivity contribution in [1.29, 1.82) is 0 Å². The Kier molecular flexibility index (Phi) is 7.96. The van der Waals surface area contributed by atoms with E-state index in [4.69, 9.17) is 5.11 Å². The number of rotatable bonds is 7. The smallest absolute Gasteiger partial charge is 0.303 e. The zero-order valence-corrected chi connectivity index (χ0v) is 9.71. The standard InChI is InChI=1S/C9H17IO2/c1-2-8(7-9(11)12)5-3-4-6-10/h8H,2-7H2,1H3,(H,11,12). The second kappa shape index (κ2) is 7.83. The van der Waals surface area contributed by atoms with E-state index >= 15 is 0 Å². The third-order valence-electron chi connectivity index (χ3n) is 2.04. The van der Waals surface area contributed by atoms with Gasteiger partial charge in [0.05, 0.1) is 0 Å². The summed E-state index contributed by atoms with van der Waals surface area (Å²) in [6, 6.07) is 0. The molecule has 2 nitrogen and oxygen atoms in total. The van der Waals surface area contributed by atoms with E-state index in [0.717, 1.165) is 12.8 Å². The van der Waals surface area contributed by atoms with Crippen LogP contribution in [-0.2, 0) is 4.79 Å². The minimum absolute atomic E-state index is 0.345. The molecule has 72 valence electrons. The fraction of sp³-hybridized carbons (Fsp3) is 0.889. The first-order valence-electron chi connectivity index (χ1n) is 4.48. The van der Waals surface area contributed by atoms with E-state index in [2.05, 4.69) is 29.5 Å². The number of hydrogen-bond acceptors (Lipinski definition) is 1. The number of alkyl halides is 1. The summed E-state index contributed by atoms with van der Waals surface area (Å²) in [7, 11) is 0. The molecule has 12 heavy (non-hydrogen) atoms. The molecule has 0 aliphatic carbocycles. The van der Waals surface area contributed by atoms with Gasteiger partial charge >= 0.3 is 5.97 Å². The Morgan fingerprint density at radius 3 is 2.58 bits per heavy atom. The van der Waals surface area contributed by atoms with Crippen LogP contribution in [0.4, 0.5) is 0 Å². The molecule has 0 aromatic rings. The van der Waals surface area contributed by atoms with Crippen molar-refractivity contribution in [1.82, 2.24) is 0 Å². The van der Waals surface area contributed by atoms with E-state index in [0.29, 0.717) is 12.3 Å². The summed E-state index contributed by atoms with van der Waals surface area (Å²) in [5.74, 6) is -0.262. The SMILES string of the molecule is CCC(CCCCI)CC(=O)O. The lowest BCUT2D eigenvalue weighted by molar-refractivity contribution is -0.138. The van der Waals surface area contributed by atoms with E-state index in [1.807, 2.05) is 0 Å². The molecule has 0 rings (SSSR count). The highest BCUT2D eigenvalue weighted by molar-refractivity contribution is 14.1. The van der Waals surface area contributed by atoms with E-state index < -0.39 is 5.97 Å². The van der Waals surface area contributed by atoms with Crippen molar-refractivity contribution in [3.8, 4) is 0 Å². The van der Waals surface area contributed by atoms with Crippen molar-refractivity contribution in [3.05, 3.63) is 0 Å². The lowest BCUT2D eigenvalue weighted by atomic mass is 9.96. The average Bonchev–Trinajstić information content (AvgIpc) is 2.02. The van der Waals surface area contributed by atoms with Crippen molar-refractivity contribution < 1.29 is 9.90 Å². The maximum Gasteiger partial charge on any atom is 0.303 e. The molecule has 0 saturated heterocycles. The molecule has 0 amide bonds. The largest absolute Gasteiger partial charge is 0.481 e. The van der Waals surface area contributed by atoms with Crippen LogP contribution in [0.1, 0.15) is 39.0 Å². The van der Waals surface area contributed by atoms with Gasteiger partial charge in [-0.1, -0.05) is 42.4 Å². The second-order valence-electron chi connectivity index (χ2n) is 3.06. The first-order chi connectivity index (χ1) is 5.70. The summed E-state index contributed by atoms with van der Waals surface area (Å²) in [4.78, 5) is 10.4. The molecule has 0 saturated carbocycles. The molecule has 0 heterocycles. The summed E-state index contributed by atoms with van der Waals surface area (Å²) in [6.07, 6.45) is 4.81. The Bertz CT molecular complexity index is 126. The van der Waals surface area contributed by atoms with E-state index in [1.54, 1.807) is 0 Å². The highest BCUT2D eigenvalue weighted by Crippen LogP contribution is 2.16. The minimum Gasteiger partial charge on any atom is -0.481 e. The zero-order valence-electron chi connectivity index (χ0n) is 7.55. The monoisotopic (exact) mass is 284 g/mol. The number of aliphatic carboxylic acids is 1. The third kappa shape index (κ3) is 6.88. The average molecular weight is 284 g/mol. The van der Waals surface area contributed by atoms with Gasteiger partial charge in [0.1, 0.15) is 0 Å². The molecular weight excluding hydrogens is 267 g/mol. The van der Waals surface area contributed by atoms with Gasteiger partial charge in [-0.3, -0.25) is 4.79 Å². The van der Waals surface area contributed by atoms with Gasteiger partial charge in [-0.25, -0.2) is 0 Å². The van der Waals surface area contributed by atoms with Crippen LogP contribution in [0.2, 0.25) is 0 Å². The van der Waals surface area contributed by atoms with Crippen LogP contribution < -0.4 is 0 Å². The molecule has 0 aliphatic heterocycles. The Morgan fingerprint density at radius 2 is 2.17 bits per heavy atom. The van der Waals surface area contributed by atoms with Gasteiger partial charge in [-0.05, 0) is 23.2 Å². The van der Waals surface area contributed by atoms with E-state index in [1.165, 1.54) is 17.3 Å². The predicted molar refractivity (Wildman–Crippen MR) is 58.8 cm³/mol. The Balaban J connectivity index is 3.46. The summed E-state index contributed by atoms with van der Waals surface area (Å²) in [6.45, 7) is 2.07. The molecule has 0 aromatic carbocycles. The van der Waals surface area contributed by atoms with Gasteiger partial charge in [-0.2, -0.15) is 0 Å². The first-order valence-corrected chi connectivity index (χ1v) is 6.01. The van der Waals surface area contributed by atoms with Gasteiger partial charge in [0, 0.05) is 6.42 Å². The van der Waals surface area contributed by atoms with Crippen LogP contribution in [0.15, 0.2) is 0 Å². The first kappa shape index (κ1) is 12.2. The van der Waals surface area contributed by atoms with Gasteiger partial charge < -0.3 is 5.11 Å². The van der Waals surface area contributed by atoms with Crippen LogP contribution in [0, 0.1) is 5.92 Å². The van der Waals surface area contributed by atoms with Crippen LogP contribution in [0.3, 0.4) is 0 Å². The van der Waals surface area contributed by atoms with E-state index in [9.17, 15) is 4.79 Å². The maximum atomic E-state index is 10.4. The van der Waals surface area contributed by atoms with Crippen molar-refractivity contribution in [2.24, 2.45) is 5.92 Å². The van der Waals surface area contributed by atoms with Crippen molar-refractivity contribution >= 4 is 28.6 Å². The summed E-state index contributed by atoms with van der Waals surface area (Å²) >= 11 is 2.36. The highest BCUT2D eigenvalue weighted by atomic mass is 127. The molecule has 1 N–H and O–H groups in total. The molecule has 0 aromatic heterocycles. The van der Waals surface area contributed by atoms with Gasteiger partial charge in [-0.15, -0.1) is 0 Å². The van der Waals surface area contributed by atoms with Gasteiger partial charge in [0.25, 0.3) is 0 Å². The molecule has 0 spiro atoms. The molecule has 0 fully saturated rings. The third-order valence-corrected chi connectivity index (χ3v) is 2.80. The van der Waals surface area contributed by atoms with Crippen molar-refractivity contribution in [2.45, 2.75) is 39.0 Å². The normalized spacial score (nSPS) is 12.8. The zero-order chi connectivity index (χ0) is 9.40. The fourth-order valence-electron chi connectivity index (χ4n) is 1.22. The number of hydrogen-bond donors (Lipinski definition) is 1. The lowest BCUT2D eigenvalue weighted by Crippen LogP contribution is -2.06. The van der Waals surface area contributed by atoms with Crippen molar-refractivity contribution in [3.63, 3.8) is 0 Å². The van der Waals surface area contributed by atoms with Gasteiger partial charge in [0.15, 0.2) is 0 Å². The summed E-state index contributed by atoms with van der Waals surface area (Å²) < 4.78 is 1.18. The molecule has 3 heteroatoms. The highest BCUT2D eigenvalue weighted by Gasteiger charge is 2.09. The number of carboxylic acids is 1.